The third kappa shape index (κ3) is 4.77. The first-order chi connectivity index (χ1) is 11.8. The lowest BCUT2D eigenvalue weighted by Gasteiger charge is -2.32. The maximum atomic E-state index is 6.36. The molecule has 0 spiro atoms. The number of ether oxygens (including phenoxy) is 1. The molecule has 128 valence electrons. The minimum absolute atomic E-state index is 0.363. The molecule has 2 nitrogen and oxygen atoms in total. The standard InChI is InChI=1S/C22H29NO/c1-2-16-23-17-8-4-7-11-22(23)24-21-14-12-20(13-15-21)18-19-9-5-3-6-10-19/h3-11,17,20-21H,2,12-16,18H2,1H3. The van der Waals surface area contributed by atoms with Crippen LogP contribution in [0.5, 0.6) is 0 Å². The van der Waals surface area contributed by atoms with Crippen molar-refractivity contribution >= 4 is 0 Å². The predicted octanol–water partition coefficient (Wildman–Crippen LogP) is 5.44. The minimum atomic E-state index is 0.363. The van der Waals surface area contributed by atoms with Gasteiger partial charge in [-0.25, -0.2) is 0 Å². The van der Waals surface area contributed by atoms with Gasteiger partial charge in [0, 0.05) is 12.7 Å². The quantitative estimate of drug-likeness (QED) is 0.691. The van der Waals surface area contributed by atoms with E-state index in [2.05, 4.69) is 72.7 Å². The first kappa shape index (κ1) is 16.9. The van der Waals surface area contributed by atoms with E-state index in [0.717, 1.165) is 24.8 Å². The lowest BCUT2D eigenvalue weighted by Crippen LogP contribution is -2.27. The van der Waals surface area contributed by atoms with Gasteiger partial charge in [0.1, 0.15) is 6.10 Å². The number of hydrogen-bond donors (Lipinski definition) is 0. The van der Waals surface area contributed by atoms with E-state index < -0.39 is 0 Å². The van der Waals surface area contributed by atoms with Gasteiger partial charge in [0.25, 0.3) is 0 Å². The molecule has 0 unspecified atom stereocenters. The lowest BCUT2D eigenvalue weighted by atomic mass is 9.83. The predicted molar refractivity (Wildman–Crippen MR) is 100 cm³/mol. The molecule has 2 heteroatoms. The number of allylic oxidation sites excluding steroid dienone is 4. The second-order valence-corrected chi connectivity index (χ2v) is 6.88. The van der Waals surface area contributed by atoms with E-state index in [0.29, 0.717) is 6.10 Å². The van der Waals surface area contributed by atoms with E-state index in [1.54, 1.807) is 0 Å². The molecule has 1 saturated carbocycles. The summed E-state index contributed by atoms with van der Waals surface area (Å²) in [6.07, 6.45) is 18.0. The van der Waals surface area contributed by atoms with Crippen LogP contribution in [-0.4, -0.2) is 17.5 Å². The van der Waals surface area contributed by atoms with Crippen LogP contribution in [0.1, 0.15) is 44.6 Å². The van der Waals surface area contributed by atoms with Gasteiger partial charge in [0.15, 0.2) is 5.88 Å². The fraction of sp³-hybridized carbons (Fsp3) is 0.455. The van der Waals surface area contributed by atoms with Crippen molar-refractivity contribution in [2.75, 3.05) is 6.54 Å². The van der Waals surface area contributed by atoms with Crippen LogP contribution in [0.4, 0.5) is 0 Å². The Morgan fingerprint density at radius 3 is 2.54 bits per heavy atom. The third-order valence-electron chi connectivity index (χ3n) is 4.92. The Hall–Kier alpha value is -1.96. The summed E-state index contributed by atoms with van der Waals surface area (Å²) in [7, 11) is 0. The van der Waals surface area contributed by atoms with Crippen LogP contribution >= 0.6 is 0 Å². The van der Waals surface area contributed by atoms with Crippen LogP contribution < -0.4 is 0 Å². The number of rotatable bonds is 6. The summed E-state index contributed by atoms with van der Waals surface area (Å²) < 4.78 is 6.36. The summed E-state index contributed by atoms with van der Waals surface area (Å²) in [5, 5.41) is 0. The summed E-state index contributed by atoms with van der Waals surface area (Å²) in [4.78, 5) is 2.23. The first-order valence-electron chi connectivity index (χ1n) is 9.37. The van der Waals surface area contributed by atoms with Crippen molar-refractivity contribution in [3.63, 3.8) is 0 Å². The molecular weight excluding hydrogens is 294 g/mol. The Balaban J connectivity index is 1.50. The molecule has 0 atom stereocenters. The van der Waals surface area contributed by atoms with E-state index in [1.807, 2.05) is 0 Å². The fourth-order valence-electron chi connectivity index (χ4n) is 3.63. The molecule has 0 bridgehead atoms. The molecular formula is C22H29NO. The monoisotopic (exact) mass is 323 g/mol. The molecule has 1 heterocycles. The number of nitrogens with zero attached hydrogens (tertiary/aromatic N) is 1. The second kappa shape index (κ2) is 8.77. The average molecular weight is 323 g/mol. The van der Waals surface area contributed by atoms with Crippen LogP contribution in [0.2, 0.25) is 0 Å². The largest absolute Gasteiger partial charge is 0.476 e. The van der Waals surface area contributed by atoms with Crippen molar-refractivity contribution in [3.8, 4) is 0 Å². The van der Waals surface area contributed by atoms with Crippen LogP contribution in [0.15, 0.2) is 66.7 Å². The molecule has 24 heavy (non-hydrogen) atoms. The Bertz CT molecular complexity index is 579. The molecule has 1 aliphatic heterocycles. The molecule has 1 aliphatic carbocycles. The van der Waals surface area contributed by atoms with Crippen molar-refractivity contribution in [1.82, 2.24) is 4.90 Å². The molecule has 0 amide bonds. The first-order valence-corrected chi connectivity index (χ1v) is 9.37. The third-order valence-corrected chi connectivity index (χ3v) is 4.92. The molecule has 0 radical (unpaired) electrons. The number of benzene rings is 1. The van der Waals surface area contributed by atoms with Crippen LogP contribution in [0, 0.1) is 5.92 Å². The Morgan fingerprint density at radius 1 is 1.00 bits per heavy atom. The van der Waals surface area contributed by atoms with Crippen molar-refractivity contribution < 1.29 is 4.74 Å². The molecule has 2 aliphatic rings. The maximum absolute atomic E-state index is 6.36. The summed E-state index contributed by atoms with van der Waals surface area (Å²) >= 11 is 0. The van der Waals surface area contributed by atoms with Crippen LogP contribution in [0.25, 0.3) is 0 Å². The summed E-state index contributed by atoms with van der Waals surface area (Å²) in [5.41, 5.74) is 1.47. The van der Waals surface area contributed by atoms with E-state index in [4.69, 9.17) is 4.74 Å². The van der Waals surface area contributed by atoms with Crippen molar-refractivity contribution in [2.45, 2.75) is 51.6 Å². The van der Waals surface area contributed by atoms with Gasteiger partial charge in [0.05, 0.1) is 0 Å². The molecule has 3 rings (SSSR count). The van der Waals surface area contributed by atoms with Gasteiger partial charge in [-0.2, -0.15) is 0 Å². The zero-order valence-corrected chi connectivity index (χ0v) is 14.7. The highest BCUT2D eigenvalue weighted by Gasteiger charge is 2.24. The van der Waals surface area contributed by atoms with Crippen molar-refractivity contribution in [3.05, 3.63) is 72.3 Å². The summed E-state index contributed by atoms with van der Waals surface area (Å²) in [5.74, 6) is 1.82. The Labute approximate surface area is 146 Å². The second-order valence-electron chi connectivity index (χ2n) is 6.88. The van der Waals surface area contributed by atoms with Gasteiger partial charge in [-0.1, -0.05) is 49.4 Å². The lowest BCUT2D eigenvalue weighted by molar-refractivity contribution is 0.0317. The van der Waals surface area contributed by atoms with Gasteiger partial charge in [0.2, 0.25) is 0 Å². The van der Waals surface area contributed by atoms with Crippen molar-refractivity contribution in [1.29, 1.82) is 0 Å². The highest BCUT2D eigenvalue weighted by Crippen LogP contribution is 2.30. The zero-order valence-electron chi connectivity index (χ0n) is 14.7. The zero-order chi connectivity index (χ0) is 16.6. The maximum Gasteiger partial charge on any atom is 0.193 e. The molecule has 0 N–H and O–H groups in total. The van der Waals surface area contributed by atoms with E-state index in [1.165, 1.54) is 37.7 Å². The summed E-state index contributed by atoms with van der Waals surface area (Å²) in [6, 6.07) is 10.9. The van der Waals surface area contributed by atoms with Crippen LogP contribution in [0.3, 0.4) is 0 Å². The highest BCUT2D eigenvalue weighted by atomic mass is 16.5. The molecule has 1 aromatic rings. The van der Waals surface area contributed by atoms with E-state index >= 15 is 0 Å². The van der Waals surface area contributed by atoms with Crippen LogP contribution in [-0.2, 0) is 11.2 Å². The summed E-state index contributed by atoms with van der Waals surface area (Å²) in [6.45, 7) is 3.21. The Morgan fingerprint density at radius 2 is 1.79 bits per heavy atom. The fourth-order valence-corrected chi connectivity index (χ4v) is 3.63. The van der Waals surface area contributed by atoms with Gasteiger partial charge >= 0.3 is 0 Å². The molecule has 1 fully saturated rings. The Kier molecular flexibility index (Phi) is 6.17. The van der Waals surface area contributed by atoms with Crippen molar-refractivity contribution in [2.24, 2.45) is 5.92 Å². The van der Waals surface area contributed by atoms with Gasteiger partial charge in [-0.3, -0.25) is 0 Å². The topological polar surface area (TPSA) is 12.5 Å². The minimum Gasteiger partial charge on any atom is -0.476 e. The average Bonchev–Trinajstić information content (AvgIpc) is 2.83. The number of hydrogen-bond acceptors (Lipinski definition) is 2. The molecule has 0 aromatic heterocycles. The molecule has 1 aromatic carbocycles. The van der Waals surface area contributed by atoms with Gasteiger partial charge in [-0.05, 0) is 62.2 Å². The normalized spacial score (nSPS) is 23.7. The molecule has 0 saturated heterocycles. The smallest absolute Gasteiger partial charge is 0.193 e. The van der Waals surface area contributed by atoms with Gasteiger partial charge in [-0.15, -0.1) is 0 Å². The SMILES string of the molecule is CCCN1C=CC=CC=C1OC1CCC(Cc2ccccc2)CC1. The van der Waals surface area contributed by atoms with Gasteiger partial charge < -0.3 is 9.64 Å². The van der Waals surface area contributed by atoms with E-state index in [9.17, 15) is 0 Å². The van der Waals surface area contributed by atoms with E-state index in [-0.39, 0.29) is 0 Å². The highest BCUT2D eigenvalue weighted by molar-refractivity contribution is 5.19.